The molecule has 0 unspecified atom stereocenters. The van der Waals surface area contributed by atoms with Crippen molar-refractivity contribution in [1.82, 2.24) is 10.2 Å². The van der Waals surface area contributed by atoms with Crippen LogP contribution in [0.2, 0.25) is 0 Å². The van der Waals surface area contributed by atoms with Crippen molar-refractivity contribution in [3.8, 4) is 0 Å². The number of ether oxygens (including phenoxy) is 1. The van der Waals surface area contributed by atoms with Crippen LogP contribution >= 0.6 is 0 Å². The summed E-state index contributed by atoms with van der Waals surface area (Å²) in [5.74, 6) is 2.89. The van der Waals surface area contributed by atoms with Gasteiger partial charge in [0.25, 0.3) is 0 Å². The lowest BCUT2D eigenvalue weighted by atomic mass is 10.1. The molecule has 0 radical (unpaired) electrons. The molecule has 1 aliphatic heterocycles. The van der Waals surface area contributed by atoms with Gasteiger partial charge in [-0.05, 0) is 50.2 Å². The average Bonchev–Trinajstić information content (AvgIpc) is 3.37. The maximum atomic E-state index is 6.21. The number of furan rings is 1. The first-order valence-corrected chi connectivity index (χ1v) is 10.5. The Balaban J connectivity index is 1.40. The third-order valence-electron chi connectivity index (χ3n) is 5.50. The molecule has 5 nitrogen and oxygen atoms in total. The highest BCUT2D eigenvalue weighted by Crippen LogP contribution is 2.26. The molecule has 1 aromatic rings. The number of piperidine rings is 1. The van der Waals surface area contributed by atoms with E-state index in [2.05, 4.69) is 17.1 Å². The zero-order valence-electron chi connectivity index (χ0n) is 16.3. The lowest BCUT2D eigenvalue weighted by Crippen LogP contribution is -2.47. The predicted molar refractivity (Wildman–Crippen MR) is 106 cm³/mol. The molecule has 5 heteroatoms. The Morgan fingerprint density at radius 2 is 2.08 bits per heavy atom. The summed E-state index contributed by atoms with van der Waals surface area (Å²) in [5.41, 5.74) is 0. The van der Waals surface area contributed by atoms with Crippen LogP contribution in [0, 0.1) is 5.92 Å². The molecule has 2 aliphatic rings. The van der Waals surface area contributed by atoms with Crippen LogP contribution in [0.5, 0.6) is 0 Å². The predicted octanol–water partition coefficient (Wildman–Crippen LogP) is 3.85. The summed E-state index contributed by atoms with van der Waals surface area (Å²) in [5, 5.41) is 3.53. The van der Waals surface area contributed by atoms with Crippen LogP contribution in [0.25, 0.3) is 0 Å². The second kappa shape index (κ2) is 10.6. The Labute approximate surface area is 158 Å². The number of likely N-dealkylation sites (tertiary alicyclic amines) is 1. The molecule has 26 heavy (non-hydrogen) atoms. The highest BCUT2D eigenvalue weighted by molar-refractivity contribution is 5.80. The number of guanidine groups is 1. The van der Waals surface area contributed by atoms with E-state index in [0.29, 0.717) is 6.10 Å². The van der Waals surface area contributed by atoms with E-state index in [9.17, 15) is 0 Å². The molecule has 2 fully saturated rings. The van der Waals surface area contributed by atoms with Crippen molar-refractivity contribution in [3.05, 3.63) is 24.2 Å². The van der Waals surface area contributed by atoms with Crippen molar-refractivity contribution in [2.75, 3.05) is 32.8 Å². The molecular weight excluding hydrogens is 326 g/mol. The summed E-state index contributed by atoms with van der Waals surface area (Å²) >= 11 is 0. The van der Waals surface area contributed by atoms with Crippen LogP contribution in [0.3, 0.4) is 0 Å². The Morgan fingerprint density at radius 3 is 2.77 bits per heavy atom. The van der Waals surface area contributed by atoms with Gasteiger partial charge in [-0.25, -0.2) is 0 Å². The van der Waals surface area contributed by atoms with Gasteiger partial charge >= 0.3 is 0 Å². The Bertz CT molecular complexity index is 515. The molecule has 1 aromatic heterocycles. The number of nitrogens with zero attached hydrogens (tertiary/aromatic N) is 2. The molecule has 0 bridgehead atoms. The van der Waals surface area contributed by atoms with E-state index in [1.807, 2.05) is 12.1 Å². The van der Waals surface area contributed by atoms with Crippen molar-refractivity contribution >= 4 is 5.96 Å². The number of rotatable bonds is 8. The minimum absolute atomic E-state index is 0.433. The summed E-state index contributed by atoms with van der Waals surface area (Å²) in [7, 11) is 0. The van der Waals surface area contributed by atoms with Gasteiger partial charge in [0.2, 0.25) is 0 Å². The molecular formula is C21H35N3O2. The third-order valence-corrected chi connectivity index (χ3v) is 5.50. The van der Waals surface area contributed by atoms with Crippen molar-refractivity contribution in [2.45, 2.75) is 64.4 Å². The Hall–Kier alpha value is -1.49. The van der Waals surface area contributed by atoms with Crippen LogP contribution in [-0.4, -0.2) is 49.7 Å². The van der Waals surface area contributed by atoms with Crippen molar-refractivity contribution in [1.29, 1.82) is 0 Å². The van der Waals surface area contributed by atoms with E-state index >= 15 is 0 Å². The highest BCUT2D eigenvalue weighted by Gasteiger charge is 2.24. The first kappa shape index (κ1) is 19.3. The lowest BCUT2D eigenvalue weighted by Gasteiger charge is -2.34. The SMILES string of the molecule is CCCN=C(NCCc1ccco1)N1CCC(OCC2CCCC2)CC1. The van der Waals surface area contributed by atoms with Gasteiger partial charge in [0.05, 0.1) is 12.4 Å². The molecule has 1 aliphatic carbocycles. The first-order chi connectivity index (χ1) is 12.8. The zero-order chi connectivity index (χ0) is 18.0. The molecule has 1 saturated heterocycles. The third kappa shape index (κ3) is 6.04. The van der Waals surface area contributed by atoms with E-state index in [4.69, 9.17) is 14.1 Å². The number of nitrogens with one attached hydrogen (secondary N) is 1. The van der Waals surface area contributed by atoms with E-state index in [1.54, 1.807) is 6.26 Å². The standard InChI is InChI=1S/C21H35N3O2/c1-2-12-22-21(23-13-9-19-8-5-16-25-19)24-14-10-20(11-15-24)26-17-18-6-3-4-7-18/h5,8,16,18,20H,2-4,6-7,9-15,17H2,1H3,(H,22,23). The van der Waals surface area contributed by atoms with E-state index in [0.717, 1.165) is 76.1 Å². The first-order valence-electron chi connectivity index (χ1n) is 10.5. The normalized spacial score (nSPS) is 20.0. The average molecular weight is 362 g/mol. The molecule has 1 saturated carbocycles. The summed E-state index contributed by atoms with van der Waals surface area (Å²) < 4.78 is 11.6. The molecule has 0 aromatic carbocycles. The van der Waals surface area contributed by atoms with Gasteiger partial charge in [-0.1, -0.05) is 19.8 Å². The van der Waals surface area contributed by atoms with E-state index in [-0.39, 0.29) is 0 Å². The van der Waals surface area contributed by atoms with E-state index < -0.39 is 0 Å². The van der Waals surface area contributed by atoms with Gasteiger partial charge in [0.15, 0.2) is 5.96 Å². The zero-order valence-corrected chi connectivity index (χ0v) is 16.3. The fraction of sp³-hybridized carbons (Fsp3) is 0.762. The number of aliphatic imine (C=N–C) groups is 1. The van der Waals surface area contributed by atoms with Gasteiger partial charge < -0.3 is 19.4 Å². The molecule has 0 amide bonds. The monoisotopic (exact) mass is 361 g/mol. The van der Waals surface area contributed by atoms with Crippen LogP contribution in [0.4, 0.5) is 0 Å². The van der Waals surface area contributed by atoms with Crippen LogP contribution in [0.1, 0.15) is 57.6 Å². The smallest absolute Gasteiger partial charge is 0.193 e. The van der Waals surface area contributed by atoms with Gasteiger partial charge in [-0.2, -0.15) is 0 Å². The fourth-order valence-corrected chi connectivity index (χ4v) is 3.92. The molecule has 1 N–H and O–H groups in total. The quantitative estimate of drug-likeness (QED) is 0.564. The Morgan fingerprint density at radius 1 is 1.27 bits per heavy atom. The van der Waals surface area contributed by atoms with Crippen LogP contribution < -0.4 is 5.32 Å². The molecule has 3 rings (SSSR count). The molecule has 2 heterocycles. The maximum absolute atomic E-state index is 6.21. The topological polar surface area (TPSA) is 50.0 Å². The van der Waals surface area contributed by atoms with Crippen molar-refractivity contribution in [2.24, 2.45) is 10.9 Å². The minimum atomic E-state index is 0.433. The summed E-state index contributed by atoms with van der Waals surface area (Å²) in [6.45, 7) is 6.95. The largest absolute Gasteiger partial charge is 0.469 e. The fourth-order valence-electron chi connectivity index (χ4n) is 3.92. The van der Waals surface area contributed by atoms with Crippen LogP contribution in [0.15, 0.2) is 27.8 Å². The van der Waals surface area contributed by atoms with Crippen molar-refractivity contribution < 1.29 is 9.15 Å². The van der Waals surface area contributed by atoms with Gasteiger partial charge in [0, 0.05) is 39.2 Å². The molecule has 146 valence electrons. The maximum Gasteiger partial charge on any atom is 0.193 e. The highest BCUT2D eigenvalue weighted by atomic mass is 16.5. The second-order valence-electron chi connectivity index (χ2n) is 7.63. The van der Waals surface area contributed by atoms with Gasteiger partial charge in [-0.3, -0.25) is 4.99 Å². The number of hydrogen-bond acceptors (Lipinski definition) is 3. The molecule has 0 atom stereocenters. The summed E-state index contributed by atoms with van der Waals surface area (Å²) in [6.07, 6.45) is 11.9. The van der Waals surface area contributed by atoms with E-state index in [1.165, 1.54) is 25.7 Å². The van der Waals surface area contributed by atoms with Crippen LogP contribution in [-0.2, 0) is 11.2 Å². The summed E-state index contributed by atoms with van der Waals surface area (Å²) in [6, 6.07) is 3.97. The number of hydrogen-bond donors (Lipinski definition) is 1. The minimum Gasteiger partial charge on any atom is -0.469 e. The lowest BCUT2D eigenvalue weighted by molar-refractivity contribution is 0.00101. The van der Waals surface area contributed by atoms with Gasteiger partial charge in [0.1, 0.15) is 5.76 Å². The van der Waals surface area contributed by atoms with Gasteiger partial charge in [-0.15, -0.1) is 0 Å². The molecule has 0 spiro atoms. The van der Waals surface area contributed by atoms with Crippen molar-refractivity contribution in [3.63, 3.8) is 0 Å². The Kier molecular flexibility index (Phi) is 7.87. The second-order valence-corrected chi connectivity index (χ2v) is 7.63. The summed E-state index contributed by atoms with van der Waals surface area (Å²) in [4.78, 5) is 7.17.